The van der Waals surface area contributed by atoms with Crippen molar-refractivity contribution in [2.45, 2.75) is 51.0 Å². The minimum atomic E-state index is -0.827. The van der Waals surface area contributed by atoms with Crippen molar-refractivity contribution >= 4 is 11.7 Å². The highest BCUT2D eigenvalue weighted by atomic mass is 16.7. The number of methoxy groups -OCH3 is 4. The molecule has 0 spiro atoms. The molecule has 0 N–H and O–H groups in total. The Kier molecular flexibility index (Phi) is 12.3. The summed E-state index contributed by atoms with van der Waals surface area (Å²) in [6, 6.07) is 0. The number of piperidine rings is 1. The van der Waals surface area contributed by atoms with Crippen LogP contribution in [-0.2, 0) is 47.5 Å². The third-order valence-corrected chi connectivity index (χ3v) is 6.51. The van der Waals surface area contributed by atoms with Crippen LogP contribution in [0.5, 0.6) is 0 Å². The number of hydrogen-bond donors (Lipinski definition) is 0. The zero-order valence-corrected chi connectivity index (χ0v) is 21.4. The molecule has 198 valence electrons. The lowest BCUT2D eigenvalue weighted by molar-refractivity contribution is -0.168. The van der Waals surface area contributed by atoms with Gasteiger partial charge in [0.25, 0.3) is 0 Å². The first kappa shape index (κ1) is 29.1. The van der Waals surface area contributed by atoms with Crippen LogP contribution in [0.4, 0.5) is 0 Å². The topological polar surface area (TPSA) is 111 Å². The highest BCUT2D eigenvalue weighted by molar-refractivity contribution is 6.04. The molecule has 34 heavy (non-hydrogen) atoms. The fourth-order valence-electron chi connectivity index (χ4n) is 5.03. The molecule has 1 aliphatic carbocycles. The highest BCUT2D eigenvalue weighted by Crippen LogP contribution is 2.42. The molecule has 1 amide bonds. The van der Waals surface area contributed by atoms with Gasteiger partial charge in [0.05, 0.1) is 24.7 Å². The summed E-state index contributed by atoms with van der Waals surface area (Å²) in [7, 11) is 7.87. The van der Waals surface area contributed by atoms with Gasteiger partial charge in [-0.1, -0.05) is 0 Å². The van der Waals surface area contributed by atoms with E-state index in [-0.39, 0.29) is 44.8 Å². The predicted octanol–water partition coefficient (Wildman–Crippen LogP) is 0.687. The number of ketones is 1. The Morgan fingerprint density at radius 3 is 1.94 bits per heavy atom. The first-order valence-electron chi connectivity index (χ1n) is 11.6. The number of ether oxygens (including phenoxy) is 8. The maximum Gasteiger partial charge on any atom is 0.233 e. The number of Topliss-reactive ketones (excluding diaryl/α,β-unsaturated/α-hetero) is 1. The van der Waals surface area contributed by atoms with E-state index in [0.717, 1.165) is 0 Å². The van der Waals surface area contributed by atoms with Crippen molar-refractivity contribution in [3.8, 4) is 0 Å². The van der Waals surface area contributed by atoms with Gasteiger partial charge in [0.1, 0.15) is 25.8 Å². The number of carbonyl (C=O) groups excluding carboxylic acids is 2. The SMILES string of the molecule is CCOC(C)OCCC1C(=O)C(C2[C@@H](OCOC)[C@@H](OC)[C@@H](OC)[C@H]2OCOC)CN(C)C1=O. The van der Waals surface area contributed by atoms with Gasteiger partial charge in [0.15, 0.2) is 12.1 Å². The van der Waals surface area contributed by atoms with E-state index in [9.17, 15) is 9.59 Å². The number of likely N-dealkylation sites (tertiary alicyclic amines) is 1. The van der Waals surface area contributed by atoms with Gasteiger partial charge in [-0.3, -0.25) is 9.59 Å². The molecule has 1 saturated carbocycles. The second-order valence-electron chi connectivity index (χ2n) is 8.52. The van der Waals surface area contributed by atoms with E-state index in [0.29, 0.717) is 6.61 Å². The predicted molar refractivity (Wildman–Crippen MR) is 120 cm³/mol. The zero-order valence-electron chi connectivity index (χ0n) is 21.4. The van der Waals surface area contributed by atoms with E-state index in [1.807, 2.05) is 6.92 Å². The zero-order chi connectivity index (χ0) is 25.3. The lowest BCUT2D eigenvalue weighted by atomic mass is 9.75. The van der Waals surface area contributed by atoms with Crippen molar-refractivity contribution in [2.24, 2.45) is 17.8 Å². The molecule has 0 radical (unpaired) electrons. The van der Waals surface area contributed by atoms with Crippen molar-refractivity contribution in [3.05, 3.63) is 0 Å². The fourth-order valence-corrected chi connectivity index (χ4v) is 5.03. The largest absolute Gasteiger partial charge is 0.376 e. The Morgan fingerprint density at radius 1 is 0.912 bits per heavy atom. The second kappa shape index (κ2) is 14.4. The molecule has 0 aromatic carbocycles. The molecular formula is C23H41NO10. The van der Waals surface area contributed by atoms with Gasteiger partial charge in [-0.05, 0) is 20.3 Å². The molecule has 1 aliphatic heterocycles. The summed E-state index contributed by atoms with van der Waals surface area (Å²) in [6.07, 6.45) is -2.26. The molecule has 1 saturated heterocycles. The minimum absolute atomic E-state index is 0.0106. The van der Waals surface area contributed by atoms with Crippen molar-refractivity contribution in [2.75, 3.05) is 68.8 Å². The van der Waals surface area contributed by atoms with Gasteiger partial charge in [0, 0.05) is 60.5 Å². The second-order valence-corrected chi connectivity index (χ2v) is 8.52. The lowest BCUT2D eigenvalue weighted by Gasteiger charge is -2.40. The van der Waals surface area contributed by atoms with Crippen LogP contribution >= 0.6 is 0 Å². The molecule has 11 nitrogen and oxygen atoms in total. The first-order valence-corrected chi connectivity index (χ1v) is 11.6. The van der Waals surface area contributed by atoms with Gasteiger partial charge in [-0.15, -0.1) is 0 Å². The van der Waals surface area contributed by atoms with Crippen molar-refractivity contribution in [1.29, 1.82) is 0 Å². The summed E-state index contributed by atoms with van der Waals surface area (Å²) in [5, 5.41) is 0. The molecule has 11 heteroatoms. The van der Waals surface area contributed by atoms with E-state index in [4.69, 9.17) is 37.9 Å². The summed E-state index contributed by atoms with van der Waals surface area (Å²) in [5.41, 5.74) is 0. The standard InChI is InChI=1S/C23H41NO10/c1-8-31-14(2)32-10-9-15-18(25)16(11-24(3)23(15)26)17-19(33-12-27-4)21(29-6)22(30-7)20(17)34-13-28-5/h14-17,19-22H,8-13H2,1-7H3/t14?,15?,16?,17?,19-,20+,21-,22+. The number of nitrogens with zero attached hydrogens (tertiary/aromatic N) is 1. The van der Waals surface area contributed by atoms with Crippen LogP contribution in [0.15, 0.2) is 0 Å². The van der Waals surface area contributed by atoms with Crippen LogP contribution < -0.4 is 0 Å². The minimum Gasteiger partial charge on any atom is -0.376 e. The van der Waals surface area contributed by atoms with Crippen LogP contribution in [-0.4, -0.2) is 116 Å². The average Bonchev–Trinajstić information content (AvgIpc) is 3.12. The van der Waals surface area contributed by atoms with Gasteiger partial charge in [0.2, 0.25) is 5.91 Å². The quantitative estimate of drug-likeness (QED) is 0.240. The smallest absolute Gasteiger partial charge is 0.233 e. The van der Waals surface area contributed by atoms with Gasteiger partial charge in [-0.25, -0.2) is 0 Å². The van der Waals surface area contributed by atoms with Crippen molar-refractivity contribution in [1.82, 2.24) is 4.90 Å². The molecule has 0 aromatic rings. The third-order valence-electron chi connectivity index (χ3n) is 6.51. The molecule has 0 aromatic heterocycles. The van der Waals surface area contributed by atoms with Gasteiger partial charge < -0.3 is 42.8 Å². The van der Waals surface area contributed by atoms with Crippen LogP contribution in [0.2, 0.25) is 0 Å². The monoisotopic (exact) mass is 491 g/mol. The van der Waals surface area contributed by atoms with Crippen LogP contribution in [0.25, 0.3) is 0 Å². The number of rotatable bonds is 15. The first-order chi connectivity index (χ1) is 16.4. The molecule has 1 heterocycles. The molecule has 0 bridgehead atoms. The maximum atomic E-state index is 13.7. The molecule has 4 unspecified atom stereocenters. The summed E-state index contributed by atoms with van der Waals surface area (Å²) < 4.78 is 44.7. The van der Waals surface area contributed by atoms with E-state index in [2.05, 4.69) is 0 Å². The summed E-state index contributed by atoms with van der Waals surface area (Å²) in [5.74, 6) is -2.22. The number of hydrogen-bond acceptors (Lipinski definition) is 10. The van der Waals surface area contributed by atoms with E-state index >= 15 is 0 Å². The summed E-state index contributed by atoms with van der Waals surface area (Å²) in [4.78, 5) is 28.2. The Bertz CT molecular complexity index is 613. The number of amides is 1. The van der Waals surface area contributed by atoms with E-state index in [1.54, 1.807) is 33.1 Å². The molecule has 2 aliphatic rings. The van der Waals surface area contributed by atoms with Crippen molar-refractivity contribution in [3.63, 3.8) is 0 Å². The Morgan fingerprint density at radius 2 is 1.47 bits per heavy atom. The third kappa shape index (κ3) is 6.73. The van der Waals surface area contributed by atoms with E-state index < -0.39 is 48.5 Å². The number of carbonyl (C=O) groups is 2. The summed E-state index contributed by atoms with van der Waals surface area (Å²) in [6.45, 7) is 4.66. The molecule has 8 atom stereocenters. The molecule has 2 rings (SSSR count). The van der Waals surface area contributed by atoms with Gasteiger partial charge in [-0.2, -0.15) is 0 Å². The lowest BCUT2D eigenvalue weighted by Crippen LogP contribution is -2.55. The van der Waals surface area contributed by atoms with Crippen molar-refractivity contribution < 1.29 is 47.5 Å². The van der Waals surface area contributed by atoms with Crippen LogP contribution in [0.3, 0.4) is 0 Å². The Hall–Kier alpha value is -1.18. The maximum absolute atomic E-state index is 13.7. The van der Waals surface area contributed by atoms with Crippen LogP contribution in [0.1, 0.15) is 20.3 Å². The summed E-state index contributed by atoms with van der Waals surface area (Å²) >= 11 is 0. The average molecular weight is 492 g/mol. The van der Waals surface area contributed by atoms with Gasteiger partial charge >= 0.3 is 0 Å². The molecular weight excluding hydrogens is 450 g/mol. The molecule has 2 fully saturated rings. The Balaban J connectivity index is 2.31. The normalized spacial score (nSPS) is 33.0. The van der Waals surface area contributed by atoms with Crippen LogP contribution in [0, 0.1) is 17.8 Å². The fraction of sp³-hybridized carbons (Fsp3) is 0.913. The Labute approximate surface area is 202 Å². The highest BCUT2D eigenvalue weighted by Gasteiger charge is 2.59. The van der Waals surface area contributed by atoms with E-state index in [1.165, 1.54) is 14.2 Å².